The van der Waals surface area contributed by atoms with Crippen LogP contribution in [0.15, 0.2) is 24.3 Å². The second kappa shape index (κ2) is 6.50. The Kier molecular flexibility index (Phi) is 5.11. The summed E-state index contributed by atoms with van der Waals surface area (Å²) < 4.78 is 0. The van der Waals surface area contributed by atoms with E-state index in [4.69, 9.17) is 5.73 Å². The van der Waals surface area contributed by atoms with Crippen molar-refractivity contribution in [1.82, 2.24) is 4.90 Å². The van der Waals surface area contributed by atoms with Crippen LogP contribution < -0.4 is 5.73 Å². The van der Waals surface area contributed by atoms with Gasteiger partial charge in [-0.05, 0) is 48.8 Å². The topological polar surface area (TPSA) is 29.3 Å². The summed E-state index contributed by atoms with van der Waals surface area (Å²) in [4.78, 5) is 2.57. The molecule has 1 aliphatic heterocycles. The molecule has 1 fully saturated rings. The summed E-state index contributed by atoms with van der Waals surface area (Å²) in [6.07, 6.45) is 2.66. The van der Waals surface area contributed by atoms with Crippen LogP contribution in [0.25, 0.3) is 0 Å². The van der Waals surface area contributed by atoms with E-state index in [1.54, 1.807) is 0 Å². The predicted octanol–water partition coefficient (Wildman–Crippen LogP) is 4.10. The molecule has 0 amide bonds. The highest BCUT2D eigenvalue weighted by atomic mass is 15.2. The zero-order chi connectivity index (χ0) is 15.6. The number of likely N-dealkylation sites (tertiary alicyclic amines) is 1. The highest BCUT2D eigenvalue weighted by Crippen LogP contribution is 2.26. The molecule has 2 N–H and O–H groups in total. The van der Waals surface area contributed by atoms with Crippen LogP contribution in [-0.4, -0.2) is 24.0 Å². The number of nitrogens with zero attached hydrogens (tertiary/aromatic N) is 1. The molecule has 2 rings (SSSR count). The molecule has 1 aromatic carbocycles. The van der Waals surface area contributed by atoms with Gasteiger partial charge in [-0.15, -0.1) is 0 Å². The minimum atomic E-state index is 0.117. The number of benzene rings is 1. The molecule has 21 heavy (non-hydrogen) atoms. The van der Waals surface area contributed by atoms with Crippen LogP contribution in [0.3, 0.4) is 0 Å². The first-order valence-corrected chi connectivity index (χ1v) is 8.39. The van der Waals surface area contributed by atoms with E-state index in [1.807, 2.05) is 0 Å². The second-order valence-electron chi connectivity index (χ2n) is 7.83. The summed E-state index contributed by atoms with van der Waals surface area (Å²) >= 11 is 0. The van der Waals surface area contributed by atoms with Gasteiger partial charge >= 0.3 is 0 Å². The third-order valence-electron chi connectivity index (χ3n) is 5.14. The van der Waals surface area contributed by atoms with Gasteiger partial charge in [0.15, 0.2) is 0 Å². The maximum atomic E-state index is 6.45. The van der Waals surface area contributed by atoms with Crippen molar-refractivity contribution in [3.05, 3.63) is 35.4 Å². The molecule has 0 radical (unpaired) electrons. The predicted molar refractivity (Wildman–Crippen MR) is 91.5 cm³/mol. The first-order valence-electron chi connectivity index (χ1n) is 8.39. The molecule has 0 spiro atoms. The minimum absolute atomic E-state index is 0.117. The number of hydrogen-bond donors (Lipinski definition) is 1. The van der Waals surface area contributed by atoms with Gasteiger partial charge in [0.05, 0.1) is 0 Å². The van der Waals surface area contributed by atoms with Crippen molar-refractivity contribution < 1.29 is 0 Å². The lowest BCUT2D eigenvalue weighted by atomic mass is 9.86. The summed E-state index contributed by atoms with van der Waals surface area (Å²) in [6, 6.07) is 9.66. The smallest absolute Gasteiger partial charge is 0.0424 e. The van der Waals surface area contributed by atoms with Gasteiger partial charge in [0.2, 0.25) is 0 Å². The molecule has 3 atom stereocenters. The Morgan fingerprint density at radius 1 is 1.19 bits per heavy atom. The van der Waals surface area contributed by atoms with Crippen molar-refractivity contribution in [2.45, 2.75) is 65.0 Å². The van der Waals surface area contributed by atoms with Crippen molar-refractivity contribution in [2.24, 2.45) is 11.7 Å². The van der Waals surface area contributed by atoms with Crippen LogP contribution >= 0.6 is 0 Å². The molecule has 0 saturated carbocycles. The zero-order valence-corrected chi connectivity index (χ0v) is 14.4. The van der Waals surface area contributed by atoms with Crippen molar-refractivity contribution in [2.75, 3.05) is 13.1 Å². The molecule has 0 aromatic heterocycles. The third kappa shape index (κ3) is 4.08. The standard InChI is InChI=1S/C19H32N2/c1-14-7-6-12-21(15(14)2)13-18(20)16-8-10-17(11-9-16)19(3,4)5/h8-11,14-15,18H,6-7,12-13,20H2,1-5H3. The molecular weight excluding hydrogens is 256 g/mol. The van der Waals surface area contributed by atoms with Gasteiger partial charge in [-0.2, -0.15) is 0 Å². The van der Waals surface area contributed by atoms with Crippen molar-refractivity contribution in [3.8, 4) is 0 Å². The van der Waals surface area contributed by atoms with Crippen molar-refractivity contribution >= 4 is 0 Å². The molecule has 1 heterocycles. The van der Waals surface area contributed by atoms with E-state index in [0.29, 0.717) is 6.04 Å². The van der Waals surface area contributed by atoms with Crippen LogP contribution in [0.2, 0.25) is 0 Å². The lowest BCUT2D eigenvalue weighted by Crippen LogP contribution is -2.45. The maximum Gasteiger partial charge on any atom is 0.0424 e. The number of rotatable bonds is 3. The molecule has 0 bridgehead atoms. The van der Waals surface area contributed by atoms with Gasteiger partial charge in [0.25, 0.3) is 0 Å². The van der Waals surface area contributed by atoms with Crippen LogP contribution in [-0.2, 0) is 5.41 Å². The highest BCUT2D eigenvalue weighted by molar-refractivity contribution is 5.29. The van der Waals surface area contributed by atoms with Crippen LogP contribution in [0.5, 0.6) is 0 Å². The average Bonchev–Trinajstić information content (AvgIpc) is 2.43. The van der Waals surface area contributed by atoms with E-state index in [2.05, 4.69) is 63.8 Å². The number of hydrogen-bond acceptors (Lipinski definition) is 2. The van der Waals surface area contributed by atoms with Crippen molar-refractivity contribution in [1.29, 1.82) is 0 Å². The van der Waals surface area contributed by atoms with Gasteiger partial charge < -0.3 is 5.73 Å². The zero-order valence-electron chi connectivity index (χ0n) is 14.4. The number of piperidine rings is 1. The molecule has 3 unspecified atom stereocenters. The third-order valence-corrected chi connectivity index (χ3v) is 5.14. The first-order chi connectivity index (χ1) is 9.79. The average molecular weight is 288 g/mol. The van der Waals surface area contributed by atoms with E-state index >= 15 is 0 Å². The summed E-state index contributed by atoms with van der Waals surface area (Å²) in [6.45, 7) is 13.6. The van der Waals surface area contributed by atoms with Gasteiger partial charge in [-0.25, -0.2) is 0 Å². The fraction of sp³-hybridized carbons (Fsp3) is 0.684. The van der Waals surface area contributed by atoms with Gasteiger partial charge in [-0.1, -0.05) is 52.0 Å². The lowest BCUT2D eigenvalue weighted by molar-refractivity contribution is 0.107. The van der Waals surface area contributed by atoms with E-state index < -0.39 is 0 Å². The Balaban J connectivity index is 2.01. The van der Waals surface area contributed by atoms with Gasteiger partial charge in [-0.3, -0.25) is 4.90 Å². The molecule has 1 aliphatic rings. The van der Waals surface area contributed by atoms with E-state index in [9.17, 15) is 0 Å². The Morgan fingerprint density at radius 2 is 1.81 bits per heavy atom. The minimum Gasteiger partial charge on any atom is -0.323 e. The van der Waals surface area contributed by atoms with Crippen LogP contribution in [0.1, 0.15) is 64.6 Å². The Bertz CT molecular complexity index is 444. The fourth-order valence-corrected chi connectivity index (χ4v) is 3.27. The Morgan fingerprint density at radius 3 is 2.38 bits per heavy atom. The van der Waals surface area contributed by atoms with Gasteiger partial charge in [0.1, 0.15) is 0 Å². The molecule has 1 aromatic rings. The highest BCUT2D eigenvalue weighted by Gasteiger charge is 2.26. The van der Waals surface area contributed by atoms with Gasteiger partial charge in [0, 0.05) is 18.6 Å². The molecule has 1 saturated heterocycles. The van der Waals surface area contributed by atoms with Crippen LogP contribution in [0.4, 0.5) is 0 Å². The molecule has 2 heteroatoms. The number of nitrogens with two attached hydrogens (primary N) is 1. The first kappa shape index (κ1) is 16.5. The molecule has 2 nitrogen and oxygen atoms in total. The van der Waals surface area contributed by atoms with Crippen LogP contribution in [0, 0.1) is 5.92 Å². The van der Waals surface area contributed by atoms with E-state index in [-0.39, 0.29) is 11.5 Å². The summed E-state index contributed by atoms with van der Waals surface area (Å²) in [5, 5.41) is 0. The summed E-state index contributed by atoms with van der Waals surface area (Å²) in [5.41, 5.74) is 9.29. The molecule has 118 valence electrons. The fourth-order valence-electron chi connectivity index (χ4n) is 3.27. The lowest BCUT2D eigenvalue weighted by Gasteiger charge is -2.39. The SMILES string of the molecule is CC1CCCN(CC(N)c2ccc(C(C)(C)C)cc2)C1C. The monoisotopic (exact) mass is 288 g/mol. The quantitative estimate of drug-likeness (QED) is 0.907. The normalized spacial score (nSPS) is 25.8. The van der Waals surface area contributed by atoms with E-state index in [1.165, 1.54) is 30.5 Å². The second-order valence-corrected chi connectivity index (χ2v) is 7.83. The largest absolute Gasteiger partial charge is 0.323 e. The van der Waals surface area contributed by atoms with E-state index in [0.717, 1.165) is 12.5 Å². The maximum absolute atomic E-state index is 6.45. The molecule has 0 aliphatic carbocycles. The Hall–Kier alpha value is -0.860. The summed E-state index contributed by atoms with van der Waals surface area (Å²) in [7, 11) is 0. The Labute approximate surface area is 130 Å². The summed E-state index contributed by atoms with van der Waals surface area (Å²) in [5.74, 6) is 0.786. The molecular formula is C19H32N2. The van der Waals surface area contributed by atoms with Crippen molar-refractivity contribution in [3.63, 3.8) is 0 Å².